The summed E-state index contributed by atoms with van der Waals surface area (Å²) in [4.78, 5) is 9.12. The van der Waals surface area contributed by atoms with Crippen LogP contribution in [-0.2, 0) is 5.88 Å². The van der Waals surface area contributed by atoms with Crippen LogP contribution in [0.5, 0.6) is 0 Å². The lowest BCUT2D eigenvalue weighted by atomic mass is 10.1. The van der Waals surface area contributed by atoms with Crippen molar-refractivity contribution in [3.8, 4) is 0 Å². The molecule has 3 heterocycles. The molecule has 0 aliphatic carbocycles. The maximum Gasteiger partial charge on any atom is 0.141 e. The molecule has 1 atom stereocenters. The van der Waals surface area contributed by atoms with Crippen LogP contribution in [0.4, 0.5) is 10.2 Å². The Morgan fingerprint density at radius 2 is 2.05 bits per heavy atom. The Morgan fingerprint density at radius 3 is 2.80 bits per heavy atom. The van der Waals surface area contributed by atoms with Gasteiger partial charge in [0.25, 0.3) is 0 Å². The molecule has 2 aliphatic heterocycles. The number of alkyl halides is 1. The minimum Gasteiger partial charge on any atom is -0.355 e. The third-order valence-electron chi connectivity index (χ3n) is 4.42. The van der Waals surface area contributed by atoms with E-state index in [9.17, 15) is 4.39 Å². The summed E-state index contributed by atoms with van der Waals surface area (Å²) < 4.78 is 13.2. The predicted molar refractivity (Wildman–Crippen MR) is 79.8 cm³/mol. The second-order valence-corrected chi connectivity index (χ2v) is 6.02. The molecule has 20 heavy (non-hydrogen) atoms. The monoisotopic (exact) mass is 297 g/mol. The Morgan fingerprint density at radius 1 is 1.25 bits per heavy atom. The molecule has 0 bridgehead atoms. The van der Waals surface area contributed by atoms with Crippen molar-refractivity contribution >= 4 is 17.4 Å². The van der Waals surface area contributed by atoms with Crippen LogP contribution in [0.2, 0.25) is 0 Å². The Hall–Kier alpha value is -0.870. The minimum absolute atomic E-state index is 0.309. The molecule has 0 amide bonds. The summed E-state index contributed by atoms with van der Waals surface area (Å²) in [6, 6.07) is 2.12. The average Bonchev–Trinajstić information content (AvgIpc) is 2.97. The maximum atomic E-state index is 13.2. The van der Waals surface area contributed by atoms with Gasteiger partial charge in [-0.2, -0.15) is 0 Å². The van der Waals surface area contributed by atoms with Gasteiger partial charge in [0.15, 0.2) is 0 Å². The number of aromatic nitrogens is 1. The van der Waals surface area contributed by atoms with Crippen LogP contribution in [0.1, 0.15) is 31.2 Å². The van der Waals surface area contributed by atoms with Crippen molar-refractivity contribution in [3.05, 3.63) is 23.6 Å². The molecule has 2 aliphatic rings. The van der Waals surface area contributed by atoms with E-state index in [-0.39, 0.29) is 5.82 Å². The summed E-state index contributed by atoms with van der Waals surface area (Å²) in [6.45, 7) is 4.42. The van der Waals surface area contributed by atoms with Crippen molar-refractivity contribution < 1.29 is 4.39 Å². The first-order chi connectivity index (χ1) is 9.78. The molecule has 0 radical (unpaired) electrons. The fourth-order valence-electron chi connectivity index (χ4n) is 3.37. The zero-order valence-corrected chi connectivity index (χ0v) is 12.4. The SMILES string of the molecule is Fc1cnc(N2CCC(N3CCCCC3)C2)c(CCl)c1. The molecule has 110 valence electrons. The Kier molecular flexibility index (Phi) is 4.41. The first-order valence-corrected chi connectivity index (χ1v) is 8.01. The van der Waals surface area contributed by atoms with Gasteiger partial charge >= 0.3 is 0 Å². The number of hydrogen-bond donors (Lipinski definition) is 0. The second kappa shape index (κ2) is 6.27. The molecule has 1 unspecified atom stereocenters. The molecular weight excluding hydrogens is 277 g/mol. The fourth-order valence-corrected chi connectivity index (χ4v) is 3.57. The standard InChI is InChI=1S/C15H21ClFN3/c16-9-12-8-13(17)10-18-15(12)20-7-4-14(11-20)19-5-2-1-3-6-19/h8,10,14H,1-7,9,11H2. The first-order valence-electron chi connectivity index (χ1n) is 7.47. The van der Waals surface area contributed by atoms with E-state index < -0.39 is 0 Å². The van der Waals surface area contributed by atoms with Crippen LogP contribution in [0.25, 0.3) is 0 Å². The van der Waals surface area contributed by atoms with E-state index in [0.29, 0.717) is 11.9 Å². The molecule has 3 rings (SSSR count). The van der Waals surface area contributed by atoms with E-state index in [1.165, 1.54) is 51.0 Å². The van der Waals surface area contributed by atoms with Gasteiger partial charge in [0.2, 0.25) is 0 Å². The molecule has 0 N–H and O–H groups in total. The van der Waals surface area contributed by atoms with E-state index in [1.807, 2.05) is 0 Å². The number of nitrogens with zero attached hydrogens (tertiary/aromatic N) is 3. The number of hydrogen-bond acceptors (Lipinski definition) is 3. The largest absolute Gasteiger partial charge is 0.355 e. The second-order valence-electron chi connectivity index (χ2n) is 5.76. The molecule has 2 fully saturated rings. The van der Waals surface area contributed by atoms with Crippen molar-refractivity contribution in [1.82, 2.24) is 9.88 Å². The summed E-state index contributed by atoms with van der Waals surface area (Å²) in [5, 5.41) is 0. The van der Waals surface area contributed by atoms with Crippen molar-refractivity contribution in [2.24, 2.45) is 0 Å². The normalized spacial score (nSPS) is 24.3. The number of halogens is 2. The van der Waals surface area contributed by atoms with Gasteiger partial charge in [0.1, 0.15) is 11.6 Å². The van der Waals surface area contributed by atoms with Gasteiger partial charge in [-0.1, -0.05) is 6.42 Å². The Balaban J connectivity index is 1.70. The van der Waals surface area contributed by atoms with E-state index in [1.54, 1.807) is 0 Å². The van der Waals surface area contributed by atoms with Crippen LogP contribution >= 0.6 is 11.6 Å². The van der Waals surface area contributed by atoms with Gasteiger partial charge in [-0.3, -0.25) is 4.90 Å². The lowest BCUT2D eigenvalue weighted by molar-refractivity contribution is 0.175. The van der Waals surface area contributed by atoms with Gasteiger partial charge in [-0.25, -0.2) is 9.37 Å². The highest BCUT2D eigenvalue weighted by atomic mass is 35.5. The number of anilines is 1. The molecule has 0 spiro atoms. The maximum absolute atomic E-state index is 13.2. The third-order valence-corrected chi connectivity index (χ3v) is 4.71. The number of pyridine rings is 1. The molecule has 3 nitrogen and oxygen atoms in total. The van der Waals surface area contributed by atoms with Gasteiger partial charge in [0.05, 0.1) is 12.1 Å². The van der Waals surface area contributed by atoms with Crippen molar-refractivity contribution in [1.29, 1.82) is 0 Å². The van der Waals surface area contributed by atoms with Crippen molar-refractivity contribution in [3.63, 3.8) is 0 Å². The highest BCUT2D eigenvalue weighted by molar-refractivity contribution is 6.17. The van der Waals surface area contributed by atoms with Crippen molar-refractivity contribution in [2.45, 2.75) is 37.6 Å². The van der Waals surface area contributed by atoms with Gasteiger partial charge < -0.3 is 4.90 Å². The zero-order valence-electron chi connectivity index (χ0n) is 11.7. The van der Waals surface area contributed by atoms with Crippen LogP contribution < -0.4 is 4.90 Å². The summed E-state index contributed by atoms with van der Waals surface area (Å²) >= 11 is 5.92. The summed E-state index contributed by atoms with van der Waals surface area (Å²) in [5.41, 5.74) is 0.797. The number of likely N-dealkylation sites (tertiary alicyclic amines) is 1. The fraction of sp³-hybridized carbons (Fsp3) is 0.667. The highest BCUT2D eigenvalue weighted by Gasteiger charge is 2.30. The van der Waals surface area contributed by atoms with Crippen LogP contribution in [0.3, 0.4) is 0 Å². The van der Waals surface area contributed by atoms with Crippen LogP contribution in [-0.4, -0.2) is 42.1 Å². The van der Waals surface area contributed by atoms with E-state index in [0.717, 1.165) is 24.5 Å². The quantitative estimate of drug-likeness (QED) is 0.800. The lowest BCUT2D eigenvalue weighted by Gasteiger charge is -2.32. The van der Waals surface area contributed by atoms with Crippen molar-refractivity contribution in [2.75, 3.05) is 31.1 Å². The number of piperidine rings is 1. The summed E-state index contributed by atoms with van der Waals surface area (Å²) in [7, 11) is 0. The molecule has 1 aromatic heterocycles. The van der Waals surface area contributed by atoms with E-state index >= 15 is 0 Å². The Labute approximate surface area is 124 Å². The van der Waals surface area contributed by atoms with Gasteiger partial charge in [0, 0.05) is 24.7 Å². The molecular formula is C15H21ClFN3. The lowest BCUT2D eigenvalue weighted by Crippen LogP contribution is -2.41. The topological polar surface area (TPSA) is 19.4 Å². The average molecular weight is 298 g/mol. The Bertz CT molecular complexity index is 462. The number of rotatable bonds is 3. The predicted octanol–water partition coefficient (Wildman–Crippen LogP) is 3.02. The smallest absolute Gasteiger partial charge is 0.141 e. The molecule has 5 heteroatoms. The summed E-state index contributed by atoms with van der Waals surface area (Å²) in [5.74, 6) is 0.863. The minimum atomic E-state index is -0.309. The van der Waals surface area contributed by atoms with E-state index in [4.69, 9.17) is 11.6 Å². The zero-order chi connectivity index (χ0) is 13.9. The summed E-state index contributed by atoms with van der Waals surface area (Å²) in [6.07, 6.45) is 6.46. The van der Waals surface area contributed by atoms with Gasteiger partial charge in [-0.15, -0.1) is 11.6 Å². The highest BCUT2D eigenvalue weighted by Crippen LogP contribution is 2.27. The van der Waals surface area contributed by atoms with E-state index in [2.05, 4.69) is 14.8 Å². The third kappa shape index (κ3) is 2.91. The first kappa shape index (κ1) is 14.1. The molecule has 0 aromatic carbocycles. The van der Waals surface area contributed by atoms with Crippen LogP contribution in [0.15, 0.2) is 12.3 Å². The molecule has 0 saturated carbocycles. The molecule has 1 aromatic rings. The van der Waals surface area contributed by atoms with Crippen LogP contribution in [0, 0.1) is 5.82 Å². The molecule has 2 saturated heterocycles. The van der Waals surface area contributed by atoms with Gasteiger partial charge in [-0.05, 0) is 38.4 Å².